The van der Waals surface area contributed by atoms with Gasteiger partial charge in [0.05, 0.1) is 0 Å². The van der Waals surface area contributed by atoms with Crippen LogP contribution in [0.2, 0.25) is 0 Å². The molecule has 1 atom stereocenters. The van der Waals surface area contributed by atoms with Gasteiger partial charge in [0.25, 0.3) is 0 Å². The van der Waals surface area contributed by atoms with Gasteiger partial charge in [0, 0.05) is 6.04 Å². The summed E-state index contributed by atoms with van der Waals surface area (Å²) in [7, 11) is 4.62. The van der Waals surface area contributed by atoms with Crippen LogP contribution in [0.5, 0.6) is 0 Å². The van der Waals surface area contributed by atoms with Crippen molar-refractivity contribution >= 4 is 0 Å². The predicted octanol–water partition coefficient (Wildman–Crippen LogP) is 6.58. The van der Waals surface area contributed by atoms with E-state index in [-0.39, 0.29) is 0 Å². The first-order valence-electron chi connectivity index (χ1n) is 14.3. The van der Waals surface area contributed by atoms with Crippen LogP contribution in [-0.4, -0.2) is 62.7 Å². The molecular formula is C28H57N3. The van der Waals surface area contributed by atoms with Gasteiger partial charge in [0.1, 0.15) is 0 Å². The lowest BCUT2D eigenvalue weighted by atomic mass is 9.68. The number of piperidine rings is 2. The minimum atomic E-state index is 0.751. The molecule has 2 aliphatic rings. The van der Waals surface area contributed by atoms with E-state index in [4.69, 9.17) is 0 Å². The molecule has 0 spiro atoms. The highest BCUT2D eigenvalue weighted by Gasteiger charge is 2.37. The molecule has 184 valence electrons. The molecule has 3 nitrogen and oxygen atoms in total. The quantitative estimate of drug-likeness (QED) is 0.276. The lowest BCUT2D eigenvalue weighted by molar-refractivity contribution is 0.0639. The second-order valence-electron chi connectivity index (χ2n) is 11.0. The summed E-state index contributed by atoms with van der Waals surface area (Å²) in [6.07, 6.45) is 21.6. The third kappa shape index (κ3) is 10.6. The van der Waals surface area contributed by atoms with Crippen molar-refractivity contribution in [1.29, 1.82) is 0 Å². The Morgan fingerprint density at radius 2 is 1.06 bits per heavy atom. The van der Waals surface area contributed by atoms with Crippen molar-refractivity contribution in [3.8, 4) is 0 Å². The molecule has 2 heterocycles. The van der Waals surface area contributed by atoms with Gasteiger partial charge < -0.3 is 15.1 Å². The zero-order valence-electron chi connectivity index (χ0n) is 21.8. The van der Waals surface area contributed by atoms with E-state index in [1.807, 2.05) is 0 Å². The van der Waals surface area contributed by atoms with E-state index in [0.29, 0.717) is 0 Å². The topological polar surface area (TPSA) is 18.5 Å². The van der Waals surface area contributed by atoms with Crippen molar-refractivity contribution in [2.75, 3.05) is 46.8 Å². The standard InChI is InChI=1S/C28H57N3/c1-5-7-8-9-10-11-12-13-14-15-16-27(29-6-2)28(25-17-21-30(3)22-18-25)26-19-23-31(4)24-20-26/h25-29H,5-24H2,1-4H3. The molecule has 2 saturated heterocycles. The Bertz CT molecular complexity index is 388. The summed E-state index contributed by atoms with van der Waals surface area (Å²) < 4.78 is 0. The molecule has 0 aromatic heterocycles. The highest BCUT2D eigenvalue weighted by atomic mass is 15.1. The van der Waals surface area contributed by atoms with Gasteiger partial charge in [-0.25, -0.2) is 0 Å². The van der Waals surface area contributed by atoms with Gasteiger partial charge in [-0.05, 0) is 96.7 Å². The maximum Gasteiger partial charge on any atom is 0.0100 e. The van der Waals surface area contributed by atoms with Crippen LogP contribution in [0.25, 0.3) is 0 Å². The van der Waals surface area contributed by atoms with Crippen molar-refractivity contribution in [1.82, 2.24) is 15.1 Å². The summed E-state index contributed by atoms with van der Waals surface area (Å²) in [4.78, 5) is 5.10. The second kappa shape index (κ2) is 16.5. The highest BCUT2D eigenvalue weighted by Crippen LogP contribution is 2.38. The Morgan fingerprint density at radius 1 is 0.645 bits per heavy atom. The molecule has 2 fully saturated rings. The largest absolute Gasteiger partial charge is 0.314 e. The number of rotatable bonds is 16. The molecule has 1 N–H and O–H groups in total. The van der Waals surface area contributed by atoms with E-state index in [1.54, 1.807) is 0 Å². The monoisotopic (exact) mass is 435 g/mol. The Morgan fingerprint density at radius 3 is 1.48 bits per heavy atom. The Labute approximate surface area is 196 Å². The van der Waals surface area contributed by atoms with E-state index in [1.165, 1.54) is 122 Å². The molecule has 0 amide bonds. The average molecular weight is 436 g/mol. The van der Waals surface area contributed by atoms with Crippen LogP contribution in [0, 0.1) is 17.8 Å². The fourth-order valence-corrected chi connectivity index (χ4v) is 6.41. The molecule has 0 aliphatic carbocycles. The van der Waals surface area contributed by atoms with Crippen LogP contribution in [0.3, 0.4) is 0 Å². The first-order chi connectivity index (χ1) is 15.2. The zero-order valence-corrected chi connectivity index (χ0v) is 21.8. The van der Waals surface area contributed by atoms with E-state index < -0.39 is 0 Å². The van der Waals surface area contributed by atoms with Gasteiger partial charge in [-0.1, -0.05) is 78.1 Å². The second-order valence-corrected chi connectivity index (χ2v) is 11.0. The third-order valence-corrected chi connectivity index (χ3v) is 8.41. The van der Waals surface area contributed by atoms with Crippen LogP contribution in [0.15, 0.2) is 0 Å². The van der Waals surface area contributed by atoms with Crippen LogP contribution < -0.4 is 5.32 Å². The average Bonchev–Trinajstić information content (AvgIpc) is 2.77. The maximum atomic E-state index is 4.00. The molecule has 3 heteroatoms. The fraction of sp³-hybridized carbons (Fsp3) is 1.00. The van der Waals surface area contributed by atoms with E-state index >= 15 is 0 Å². The fourth-order valence-electron chi connectivity index (χ4n) is 6.41. The van der Waals surface area contributed by atoms with Crippen LogP contribution in [-0.2, 0) is 0 Å². The van der Waals surface area contributed by atoms with Crippen LogP contribution in [0.1, 0.15) is 110 Å². The Balaban J connectivity index is 1.79. The summed E-state index contributed by atoms with van der Waals surface area (Å²) in [5, 5.41) is 4.00. The molecular weight excluding hydrogens is 378 g/mol. The van der Waals surface area contributed by atoms with Crippen molar-refractivity contribution in [3.63, 3.8) is 0 Å². The molecule has 0 bridgehead atoms. The molecule has 2 rings (SSSR count). The summed E-state index contributed by atoms with van der Waals surface area (Å²) in [5.41, 5.74) is 0. The number of unbranched alkanes of at least 4 members (excludes halogenated alkanes) is 9. The Kier molecular flexibility index (Phi) is 14.4. The molecule has 2 aliphatic heterocycles. The van der Waals surface area contributed by atoms with Gasteiger partial charge in [0.15, 0.2) is 0 Å². The predicted molar refractivity (Wildman–Crippen MR) is 138 cm³/mol. The van der Waals surface area contributed by atoms with Crippen molar-refractivity contribution < 1.29 is 0 Å². The maximum absolute atomic E-state index is 4.00. The molecule has 0 aromatic carbocycles. The number of nitrogens with zero attached hydrogens (tertiary/aromatic N) is 2. The van der Waals surface area contributed by atoms with Crippen molar-refractivity contribution in [3.05, 3.63) is 0 Å². The third-order valence-electron chi connectivity index (χ3n) is 8.41. The molecule has 0 saturated carbocycles. The SMILES string of the molecule is CCCCCCCCCCCCC(NCC)C(C1CCN(C)CC1)C1CCN(C)CC1. The van der Waals surface area contributed by atoms with Gasteiger partial charge >= 0.3 is 0 Å². The normalized spacial score (nSPS) is 21.2. The first kappa shape index (κ1) is 27.1. The Hall–Kier alpha value is -0.120. The van der Waals surface area contributed by atoms with E-state index in [0.717, 1.165) is 30.3 Å². The number of hydrogen-bond donors (Lipinski definition) is 1. The lowest BCUT2D eigenvalue weighted by Gasteiger charge is -2.45. The van der Waals surface area contributed by atoms with Crippen molar-refractivity contribution in [2.45, 2.75) is 116 Å². The number of hydrogen-bond acceptors (Lipinski definition) is 3. The molecule has 0 aromatic rings. The van der Waals surface area contributed by atoms with Crippen LogP contribution >= 0.6 is 0 Å². The summed E-state index contributed by atoms with van der Waals surface area (Å²) in [6.45, 7) is 11.0. The number of nitrogens with one attached hydrogen (secondary N) is 1. The number of likely N-dealkylation sites (tertiary alicyclic amines) is 2. The van der Waals surface area contributed by atoms with Gasteiger partial charge in [-0.15, -0.1) is 0 Å². The van der Waals surface area contributed by atoms with Gasteiger partial charge in [-0.3, -0.25) is 0 Å². The highest BCUT2D eigenvalue weighted by molar-refractivity contribution is 4.91. The summed E-state index contributed by atoms with van der Waals surface area (Å²) in [6, 6.07) is 0.751. The first-order valence-corrected chi connectivity index (χ1v) is 14.3. The molecule has 0 radical (unpaired) electrons. The van der Waals surface area contributed by atoms with Crippen LogP contribution in [0.4, 0.5) is 0 Å². The molecule has 31 heavy (non-hydrogen) atoms. The minimum absolute atomic E-state index is 0.751. The van der Waals surface area contributed by atoms with Crippen molar-refractivity contribution in [2.24, 2.45) is 17.8 Å². The van der Waals surface area contributed by atoms with Gasteiger partial charge in [0.2, 0.25) is 0 Å². The van der Waals surface area contributed by atoms with E-state index in [2.05, 4.69) is 43.1 Å². The van der Waals surface area contributed by atoms with E-state index in [9.17, 15) is 0 Å². The smallest absolute Gasteiger partial charge is 0.0100 e. The zero-order chi connectivity index (χ0) is 22.3. The molecule has 1 unspecified atom stereocenters. The summed E-state index contributed by atoms with van der Waals surface area (Å²) >= 11 is 0. The summed E-state index contributed by atoms with van der Waals surface area (Å²) in [5.74, 6) is 2.79. The van der Waals surface area contributed by atoms with Gasteiger partial charge in [-0.2, -0.15) is 0 Å². The minimum Gasteiger partial charge on any atom is -0.314 e. The lowest BCUT2D eigenvalue weighted by Crippen LogP contribution is -2.48.